The fourth-order valence-electron chi connectivity index (χ4n) is 4.29. The molecule has 37 heavy (non-hydrogen) atoms. The molecular weight excluding hydrogens is 487 g/mol. The highest BCUT2D eigenvalue weighted by molar-refractivity contribution is 7.18. The number of imidazole rings is 1. The number of halogens is 1. The molecule has 0 amide bonds. The summed E-state index contributed by atoms with van der Waals surface area (Å²) in [5.74, 6) is 1.38. The molecule has 3 aromatic carbocycles. The molecule has 8 heteroatoms. The molecule has 3 heterocycles. The fraction of sp³-hybridized carbons (Fsp3) is 0.138. The highest BCUT2D eigenvalue weighted by atomic mass is 32.1. The fourth-order valence-corrected chi connectivity index (χ4v) is 5.15. The van der Waals surface area contributed by atoms with Crippen LogP contribution in [0, 0.1) is 12.7 Å². The third-order valence-corrected chi connectivity index (χ3v) is 7.02. The zero-order chi connectivity index (χ0) is 25.2. The summed E-state index contributed by atoms with van der Waals surface area (Å²) in [5, 5.41) is 0.807. The van der Waals surface area contributed by atoms with Crippen LogP contribution >= 0.6 is 11.3 Å². The molecule has 3 aromatic heterocycles. The molecule has 0 saturated heterocycles. The van der Waals surface area contributed by atoms with Crippen LogP contribution in [0.4, 0.5) is 4.39 Å². The summed E-state index contributed by atoms with van der Waals surface area (Å²) >= 11 is 1.51. The molecule has 0 radical (unpaired) electrons. The summed E-state index contributed by atoms with van der Waals surface area (Å²) in [6.45, 7) is 3.30. The minimum atomic E-state index is -0.284. The number of aromatic nitrogens is 4. The molecule has 0 fully saturated rings. The number of benzene rings is 3. The summed E-state index contributed by atoms with van der Waals surface area (Å²) in [7, 11) is 0. The van der Waals surface area contributed by atoms with Gasteiger partial charge in [0, 0.05) is 18.0 Å². The molecule has 0 saturated carbocycles. The van der Waals surface area contributed by atoms with E-state index in [0.717, 1.165) is 49.1 Å². The SMILES string of the molecule is Cc1nc2cnccc2n1-c1ccc(COCc2cccc(OCc3nc4cc(F)ccc4s3)c2)cc1. The van der Waals surface area contributed by atoms with Crippen molar-refractivity contribution in [1.29, 1.82) is 0 Å². The molecule has 0 aliphatic carbocycles. The Labute approximate surface area is 217 Å². The third kappa shape index (κ3) is 5.07. The van der Waals surface area contributed by atoms with Crippen molar-refractivity contribution in [3.05, 3.63) is 113 Å². The van der Waals surface area contributed by atoms with E-state index in [4.69, 9.17) is 9.47 Å². The van der Waals surface area contributed by atoms with E-state index in [2.05, 4.69) is 43.8 Å². The predicted octanol–water partition coefficient (Wildman–Crippen LogP) is 6.77. The van der Waals surface area contributed by atoms with Crippen molar-refractivity contribution in [2.24, 2.45) is 0 Å². The summed E-state index contributed by atoms with van der Waals surface area (Å²) < 4.78 is 28.4. The number of pyridine rings is 1. The van der Waals surface area contributed by atoms with Gasteiger partial charge in [-0.15, -0.1) is 11.3 Å². The van der Waals surface area contributed by atoms with Crippen LogP contribution in [0.15, 0.2) is 85.2 Å². The normalized spacial score (nSPS) is 11.4. The third-order valence-electron chi connectivity index (χ3n) is 6.01. The number of aryl methyl sites for hydroxylation is 1. The molecule has 0 atom stereocenters. The molecule has 0 N–H and O–H groups in total. The second kappa shape index (κ2) is 10.1. The molecule has 0 spiro atoms. The van der Waals surface area contributed by atoms with Gasteiger partial charge in [-0.1, -0.05) is 24.3 Å². The van der Waals surface area contributed by atoms with Gasteiger partial charge < -0.3 is 9.47 Å². The first-order chi connectivity index (χ1) is 18.1. The number of ether oxygens (including phenoxy) is 2. The summed E-state index contributed by atoms with van der Waals surface area (Å²) in [6, 6.07) is 22.8. The lowest BCUT2D eigenvalue weighted by Crippen LogP contribution is -1.99. The molecule has 6 nitrogen and oxygen atoms in total. The summed E-state index contributed by atoms with van der Waals surface area (Å²) in [4.78, 5) is 13.2. The van der Waals surface area contributed by atoms with Gasteiger partial charge in [-0.2, -0.15) is 0 Å². The van der Waals surface area contributed by atoms with Crippen molar-refractivity contribution in [2.45, 2.75) is 26.7 Å². The Morgan fingerprint density at radius 2 is 1.73 bits per heavy atom. The van der Waals surface area contributed by atoms with Gasteiger partial charge in [-0.05, 0) is 60.5 Å². The van der Waals surface area contributed by atoms with Gasteiger partial charge in [-0.3, -0.25) is 9.55 Å². The first-order valence-corrected chi connectivity index (χ1v) is 12.7. The Hall–Kier alpha value is -4.14. The number of rotatable bonds is 8. The van der Waals surface area contributed by atoms with E-state index in [1.54, 1.807) is 18.5 Å². The van der Waals surface area contributed by atoms with E-state index in [-0.39, 0.29) is 5.82 Å². The second-order valence-corrected chi connectivity index (χ2v) is 9.79. The highest BCUT2D eigenvalue weighted by Crippen LogP contribution is 2.25. The van der Waals surface area contributed by atoms with Gasteiger partial charge in [0.15, 0.2) is 0 Å². The number of thiazole rings is 1. The van der Waals surface area contributed by atoms with Crippen molar-refractivity contribution >= 4 is 32.6 Å². The average molecular weight is 511 g/mol. The van der Waals surface area contributed by atoms with E-state index < -0.39 is 0 Å². The standard InChI is InChI=1S/C29H23FN4O2S/c1-19-32-26-15-31-12-11-27(26)34(19)23-8-5-20(6-9-23)16-35-17-21-3-2-4-24(13-21)36-18-29-33-25-14-22(30)7-10-28(25)37-29/h2-15H,16-18H2,1H3. The second-order valence-electron chi connectivity index (χ2n) is 8.67. The first-order valence-electron chi connectivity index (χ1n) is 11.9. The van der Waals surface area contributed by atoms with Gasteiger partial charge >= 0.3 is 0 Å². The number of hydrogen-bond acceptors (Lipinski definition) is 6. The van der Waals surface area contributed by atoms with Crippen LogP contribution < -0.4 is 4.74 Å². The lowest BCUT2D eigenvalue weighted by Gasteiger charge is -2.10. The van der Waals surface area contributed by atoms with Crippen molar-refractivity contribution < 1.29 is 13.9 Å². The van der Waals surface area contributed by atoms with Gasteiger partial charge in [-0.25, -0.2) is 14.4 Å². The number of fused-ring (bicyclic) bond motifs is 2. The Morgan fingerprint density at radius 3 is 2.62 bits per heavy atom. The zero-order valence-corrected chi connectivity index (χ0v) is 20.9. The van der Waals surface area contributed by atoms with Crippen LogP contribution in [-0.4, -0.2) is 19.5 Å². The van der Waals surface area contributed by atoms with E-state index in [1.165, 1.54) is 23.5 Å². The lowest BCUT2D eigenvalue weighted by atomic mass is 10.2. The topological polar surface area (TPSA) is 62.1 Å². The van der Waals surface area contributed by atoms with Crippen LogP contribution in [-0.2, 0) is 24.6 Å². The minimum absolute atomic E-state index is 0.284. The number of nitrogens with zero attached hydrogens (tertiary/aromatic N) is 4. The first kappa shape index (κ1) is 23.3. The van der Waals surface area contributed by atoms with E-state index in [9.17, 15) is 4.39 Å². The van der Waals surface area contributed by atoms with Crippen LogP contribution in [0.2, 0.25) is 0 Å². The predicted molar refractivity (Wildman–Crippen MR) is 142 cm³/mol. The molecule has 0 unspecified atom stereocenters. The lowest BCUT2D eigenvalue weighted by molar-refractivity contribution is 0.107. The molecule has 0 aliphatic rings. The quantitative estimate of drug-likeness (QED) is 0.226. The Morgan fingerprint density at radius 1 is 0.865 bits per heavy atom. The van der Waals surface area contributed by atoms with Crippen LogP contribution in [0.25, 0.3) is 26.9 Å². The van der Waals surface area contributed by atoms with Gasteiger partial charge in [0.05, 0.1) is 35.1 Å². The van der Waals surface area contributed by atoms with Crippen LogP contribution in [0.1, 0.15) is 22.0 Å². The zero-order valence-electron chi connectivity index (χ0n) is 20.1. The molecule has 6 rings (SSSR count). The molecular formula is C29H23FN4O2S. The average Bonchev–Trinajstić information content (AvgIpc) is 3.47. The van der Waals surface area contributed by atoms with Crippen LogP contribution in [0.5, 0.6) is 5.75 Å². The smallest absolute Gasteiger partial charge is 0.140 e. The van der Waals surface area contributed by atoms with Crippen molar-refractivity contribution in [1.82, 2.24) is 19.5 Å². The molecule has 184 valence electrons. The monoisotopic (exact) mass is 510 g/mol. The van der Waals surface area contributed by atoms with E-state index in [1.807, 2.05) is 37.3 Å². The van der Waals surface area contributed by atoms with Crippen molar-refractivity contribution in [3.63, 3.8) is 0 Å². The Bertz CT molecular complexity index is 1690. The van der Waals surface area contributed by atoms with Gasteiger partial charge in [0.2, 0.25) is 0 Å². The van der Waals surface area contributed by atoms with Crippen molar-refractivity contribution in [2.75, 3.05) is 0 Å². The summed E-state index contributed by atoms with van der Waals surface area (Å²) in [5.41, 5.74) is 5.74. The summed E-state index contributed by atoms with van der Waals surface area (Å²) in [6.07, 6.45) is 3.57. The van der Waals surface area contributed by atoms with Gasteiger partial charge in [0.1, 0.15) is 34.5 Å². The maximum atomic E-state index is 13.4. The highest BCUT2D eigenvalue weighted by Gasteiger charge is 2.09. The molecule has 6 aromatic rings. The van der Waals surface area contributed by atoms with Crippen LogP contribution in [0.3, 0.4) is 0 Å². The van der Waals surface area contributed by atoms with E-state index >= 15 is 0 Å². The molecule has 0 aliphatic heterocycles. The maximum Gasteiger partial charge on any atom is 0.140 e. The Balaban J connectivity index is 1.05. The minimum Gasteiger partial charge on any atom is -0.486 e. The Kier molecular flexibility index (Phi) is 6.34. The number of hydrogen-bond donors (Lipinski definition) is 0. The van der Waals surface area contributed by atoms with Crippen molar-refractivity contribution in [3.8, 4) is 11.4 Å². The largest absolute Gasteiger partial charge is 0.486 e. The molecule has 0 bridgehead atoms. The van der Waals surface area contributed by atoms with E-state index in [0.29, 0.717) is 25.3 Å². The van der Waals surface area contributed by atoms with Gasteiger partial charge in [0.25, 0.3) is 0 Å². The maximum absolute atomic E-state index is 13.4.